The Balaban J connectivity index is 2.58. The second-order valence-corrected chi connectivity index (χ2v) is 6.11. The van der Waals surface area contributed by atoms with E-state index in [2.05, 4.69) is 45.1 Å². The molecule has 4 heteroatoms. The lowest BCUT2D eigenvalue weighted by Crippen LogP contribution is -2.35. The molecule has 0 fully saturated rings. The van der Waals surface area contributed by atoms with Gasteiger partial charge in [0.2, 0.25) is 5.91 Å². The molecule has 2 unspecified atom stereocenters. The Labute approximate surface area is 114 Å². The van der Waals surface area contributed by atoms with E-state index >= 15 is 0 Å². The molecule has 0 saturated carbocycles. The van der Waals surface area contributed by atoms with Gasteiger partial charge in [0.25, 0.3) is 0 Å². The van der Waals surface area contributed by atoms with Crippen molar-refractivity contribution in [3.8, 4) is 0 Å². The monoisotopic (exact) mass is 268 g/mol. The van der Waals surface area contributed by atoms with Crippen molar-refractivity contribution in [3.05, 3.63) is 21.9 Å². The minimum atomic E-state index is 0.157. The fourth-order valence-corrected chi connectivity index (χ4v) is 2.88. The Hall–Kier alpha value is -0.870. The highest BCUT2D eigenvalue weighted by molar-refractivity contribution is 7.12. The molecular weight excluding hydrogens is 244 g/mol. The Morgan fingerprint density at radius 1 is 1.44 bits per heavy atom. The van der Waals surface area contributed by atoms with Gasteiger partial charge in [-0.05, 0) is 39.4 Å². The normalized spacial score (nSPS) is 14.3. The molecule has 0 aliphatic heterocycles. The number of rotatable bonds is 6. The van der Waals surface area contributed by atoms with Gasteiger partial charge < -0.3 is 10.2 Å². The maximum absolute atomic E-state index is 12.1. The molecule has 0 saturated heterocycles. The first-order chi connectivity index (χ1) is 8.45. The molecule has 1 amide bonds. The maximum Gasteiger partial charge on any atom is 0.224 e. The second kappa shape index (κ2) is 6.90. The summed E-state index contributed by atoms with van der Waals surface area (Å²) >= 11 is 1.76. The number of thiophene rings is 1. The second-order valence-electron chi connectivity index (χ2n) is 4.79. The number of carbonyl (C=O) groups is 1. The first-order valence-corrected chi connectivity index (χ1v) is 7.32. The van der Waals surface area contributed by atoms with Crippen molar-refractivity contribution < 1.29 is 4.79 Å². The van der Waals surface area contributed by atoms with Gasteiger partial charge in [0, 0.05) is 29.3 Å². The van der Waals surface area contributed by atoms with Crippen LogP contribution in [0.1, 0.15) is 43.0 Å². The van der Waals surface area contributed by atoms with Crippen LogP contribution in [0.2, 0.25) is 0 Å². The zero-order valence-corrected chi connectivity index (χ0v) is 12.8. The van der Waals surface area contributed by atoms with Crippen molar-refractivity contribution in [2.45, 2.75) is 46.2 Å². The van der Waals surface area contributed by atoms with E-state index in [0.717, 1.165) is 6.54 Å². The van der Waals surface area contributed by atoms with Gasteiger partial charge in [0.1, 0.15) is 0 Å². The van der Waals surface area contributed by atoms with E-state index in [0.29, 0.717) is 6.42 Å². The van der Waals surface area contributed by atoms with E-state index in [1.807, 2.05) is 11.9 Å². The number of carbonyl (C=O) groups excluding carboxylic acids is 1. The molecule has 3 nitrogen and oxygen atoms in total. The van der Waals surface area contributed by atoms with Gasteiger partial charge in [0.15, 0.2) is 0 Å². The van der Waals surface area contributed by atoms with Crippen molar-refractivity contribution in [2.75, 3.05) is 13.6 Å². The Morgan fingerprint density at radius 2 is 2.11 bits per heavy atom. The molecule has 0 bridgehead atoms. The molecule has 1 aromatic rings. The van der Waals surface area contributed by atoms with Crippen LogP contribution in [-0.2, 0) is 4.79 Å². The molecule has 1 heterocycles. The quantitative estimate of drug-likeness (QED) is 0.860. The number of nitrogens with one attached hydrogen (secondary N) is 1. The van der Waals surface area contributed by atoms with Gasteiger partial charge in [-0.3, -0.25) is 4.79 Å². The summed E-state index contributed by atoms with van der Waals surface area (Å²) in [6.45, 7) is 9.19. The van der Waals surface area contributed by atoms with Crippen molar-refractivity contribution in [3.63, 3.8) is 0 Å². The zero-order valence-electron chi connectivity index (χ0n) is 12.0. The molecular formula is C14H24N2OS. The van der Waals surface area contributed by atoms with Crippen LogP contribution >= 0.6 is 11.3 Å². The van der Waals surface area contributed by atoms with Gasteiger partial charge in [-0.1, -0.05) is 6.92 Å². The van der Waals surface area contributed by atoms with Gasteiger partial charge in [-0.2, -0.15) is 0 Å². The maximum atomic E-state index is 12.1. The third-order valence-corrected chi connectivity index (χ3v) is 4.35. The molecule has 1 N–H and O–H groups in total. The average molecular weight is 268 g/mol. The van der Waals surface area contributed by atoms with E-state index in [9.17, 15) is 4.79 Å². The van der Waals surface area contributed by atoms with Crippen LogP contribution in [-0.4, -0.2) is 30.4 Å². The summed E-state index contributed by atoms with van der Waals surface area (Å²) in [4.78, 5) is 16.5. The summed E-state index contributed by atoms with van der Waals surface area (Å²) in [5.74, 6) is 0.196. The molecule has 2 atom stereocenters. The Kier molecular flexibility index (Phi) is 5.82. The van der Waals surface area contributed by atoms with Crippen molar-refractivity contribution in [1.29, 1.82) is 0 Å². The van der Waals surface area contributed by atoms with Gasteiger partial charge >= 0.3 is 0 Å². The lowest BCUT2D eigenvalue weighted by Gasteiger charge is -2.25. The molecule has 0 aliphatic rings. The standard InChI is InChI=1S/C14H24N2OS/c1-6-15-10(2)9-14(17)16(5)12(4)13-8-7-11(3)18-13/h7-8,10,12,15H,6,9H2,1-5H3. The highest BCUT2D eigenvalue weighted by Crippen LogP contribution is 2.26. The molecule has 0 aromatic carbocycles. The highest BCUT2D eigenvalue weighted by atomic mass is 32.1. The average Bonchev–Trinajstić information content (AvgIpc) is 2.74. The summed E-state index contributed by atoms with van der Waals surface area (Å²) in [6.07, 6.45) is 0.555. The Morgan fingerprint density at radius 3 is 2.61 bits per heavy atom. The first-order valence-electron chi connectivity index (χ1n) is 6.51. The number of amides is 1. The van der Waals surface area contributed by atoms with Gasteiger partial charge in [0.05, 0.1) is 6.04 Å². The SMILES string of the molecule is CCNC(C)CC(=O)N(C)C(C)c1ccc(C)s1. The third-order valence-electron chi connectivity index (χ3n) is 3.18. The predicted molar refractivity (Wildman–Crippen MR) is 78.0 cm³/mol. The fraction of sp³-hybridized carbons (Fsp3) is 0.643. The van der Waals surface area contributed by atoms with Crippen molar-refractivity contribution in [1.82, 2.24) is 10.2 Å². The molecule has 0 radical (unpaired) electrons. The first kappa shape index (κ1) is 15.2. The lowest BCUT2D eigenvalue weighted by atomic mass is 10.2. The number of aryl methyl sites for hydroxylation is 1. The topological polar surface area (TPSA) is 32.3 Å². The molecule has 102 valence electrons. The van der Waals surface area contributed by atoms with E-state index in [1.165, 1.54) is 9.75 Å². The third kappa shape index (κ3) is 4.10. The summed E-state index contributed by atoms with van der Waals surface area (Å²) < 4.78 is 0. The molecule has 1 rings (SSSR count). The molecule has 1 aromatic heterocycles. The van der Waals surface area contributed by atoms with Crippen molar-refractivity contribution in [2.24, 2.45) is 0 Å². The molecule has 0 spiro atoms. The number of hydrogen-bond donors (Lipinski definition) is 1. The van der Waals surface area contributed by atoms with Crippen LogP contribution < -0.4 is 5.32 Å². The van der Waals surface area contributed by atoms with E-state index < -0.39 is 0 Å². The summed E-state index contributed by atoms with van der Waals surface area (Å²) in [5, 5.41) is 3.27. The van der Waals surface area contributed by atoms with Crippen LogP contribution in [0.25, 0.3) is 0 Å². The number of hydrogen-bond acceptors (Lipinski definition) is 3. The summed E-state index contributed by atoms with van der Waals surface area (Å²) in [6, 6.07) is 4.62. The molecule has 18 heavy (non-hydrogen) atoms. The van der Waals surface area contributed by atoms with E-state index in [-0.39, 0.29) is 18.0 Å². The minimum absolute atomic E-state index is 0.157. The van der Waals surface area contributed by atoms with E-state index in [1.54, 1.807) is 11.3 Å². The minimum Gasteiger partial charge on any atom is -0.338 e. The number of nitrogens with zero attached hydrogens (tertiary/aromatic N) is 1. The smallest absolute Gasteiger partial charge is 0.224 e. The van der Waals surface area contributed by atoms with Crippen LogP contribution in [0.4, 0.5) is 0 Å². The zero-order chi connectivity index (χ0) is 13.7. The van der Waals surface area contributed by atoms with Crippen LogP contribution in [0.5, 0.6) is 0 Å². The summed E-state index contributed by atoms with van der Waals surface area (Å²) in [7, 11) is 1.89. The van der Waals surface area contributed by atoms with Crippen molar-refractivity contribution >= 4 is 17.2 Å². The van der Waals surface area contributed by atoms with Crippen LogP contribution in [0.15, 0.2) is 12.1 Å². The van der Waals surface area contributed by atoms with Crippen LogP contribution in [0, 0.1) is 6.92 Å². The van der Waals surface area contributed by atoms with Gasteiger partial charge in [-0.15, -0.1) is 11.3 Å². The predicted octanol–water partition coefficient (Wildman–Crippen LogP) is 2.96. The molecule has 0 aliphatic carbocycles. The van der Waals surface area contributed by atoms with Crippen LogP contribution in [0.3, 0.4) is 0 Å². The lowest BCUT2D eigenvalue weighted by molar-refractivity contribution is -0.132. The summed E-state index contributed by atoms with van der Waals surface area (Å²) in [5.41, 5.74) is 0. The largest absolute Gasteiger partial charge is 0.338 e. The highest BCUT2D eigenvalue weighted by Gasteiger charge is 2.19. The van der Waals surface area contributed by atoms with Gasteiger partial charge in [-0.25, -0.2) is 0 Å². The van der Waals surface area contributed by atoms with E-state index in [4.69, 9.17) is 0 Å². The Bertz CT molecular complexity index is 389. The fourth-order valence-electron chi connectivity index (χ4n) is 1.91.